The Kier molecular flexibility index (Phi) is 4.68. The molecule has 138 valence electrons. The van der Waals surface area contributed by atoms with Crippen LogP contribution in [-0.2, 0) is 0 Å². The van der Waals surface area contributed by atoms with E-state index >= 15 is 0 Å². The monoisotopic (exact) mass is 354 g/mol. The molecular formula is C20H26N4O2. The molecule has 6 nitrogen and oxygen atoms in total. The molecule has 4 heterocycles. The van der Waals surface area contributed by atoms with Gasteiger partial charge in [0.1, 0.15) is 5.82 Å². The lowest BCUT2D eigenvalue weighted by Gasteiger charge is -2.50. The predicted octanol–water partition coefficient (Wildman–Crippen LogP) is 3.06. The predicted molar refractivity (Wildman–Crippen MR) is 102 cm³/mol. The van der Waals surface area contributed by atoms with E-state index in [9.17, 15) is 0 Å². The van der Waals surface area contributed by atoms with Crippen LogP contribution < -0.4 is 14.8 Å². The van der Waals surface area contributed by atoms with Gasteiger partial charge in [0, 0.05) is 17.6 Å². The Morgan fingerprint density at radius 2 is 1.77 bits per heavy atom. The molecule has 5 rings (SSSR count). The summed E-state index contributed by atoms with van der Waals surface area (Å²) in [5.41, 5.74) is 1.77. The summed E-state index contributed by atoms with van der Waals surface area (Å²) >= 11 is 0. The van der Waals surface area contributed by atoms with Crippen molar-refractivity contribution < 1.29 is 9.47 Å². The van der Waals surface area contributed by atoms with Gasteiger partial charge in [0.2, 0.25) is 0 Å². The Morgan fingerprint density at radius 1 is 1.00 bits per heavy atom. The summed E-state index contributed by atoms with van der Waals surface area (Å²) in [4.78, 5) is 2.57. The molecule has 6 heteroatoms. The number of anilines is 1. The highest BCUT2D eigenvalue weighted by molar-refractivity contribution is 5.64. The highest BCUT2D eigenvalue weighted by atomic mass is 16.5. The second-order valence-electron chi connectivity index (χ2n) is 7.16. The van der Waals surface area contributed by atoms with Crippen molar-refractivity contribution in [3.8, 4) is 22.8 Å². The van der Waals surface area contributed by atoms with Crippen molar-refractivity contribution in [2.45, 2.75) is 31.8 Å². The Bertz CT molecular complexity index is 755. The third kappa shape index (κ3) is 3.09. The molecular weight excluding hydrogens is 328 g/mol. The highest BCUT2D eigenvalue weighted by Gasteiger charge is 2.39. The second-order valence-corrected chi connectivity index (χ2v) is 7.16. The summed E-state index contributed by atoms with van der Waals surface area (Å²) in [6.07, 6.45) is 2.55. The van der Waals surface area contributed by atoms with Crippen molar-refractivity contribution in [3.63, 3.8) is 0 Å². The fourth-order valence-electron chi connectivity index (χ4n) is 4.27. The van der Waals surface area contributed by atoms with E-state index in [0.717, 1.165) is 23.0 Å². The second kappa shape index (κ2) is 7.11. The highest BCUT2D eigenvalue weighted by Crippen LogP contribution is 2.34. The summed E-state index contributed by atoms with van der Waals surface area (Å²) in [6.45, 7) is 4.77. The van der Waals surface area contributed by atoms with Gasteiger partial charge in [0.15, 0.2) is 11.5 Å². The topological polar surface area (TPSA) is 59.5 Å². The number of hydrogen-bond acceptors (Lipinski definition) is 6. The van der Waals surface area contributed by atoms with E-state index in [4.69, 9.17) is 9.47 Å². The number of hydrogen-bond donors (Lipinski definition) is 1. The molecule has 3 aliphatic rings. The molecule has 0 aliphatic carbocycles. The molecule has 3 fully saturated rings. The molecule has 0 saturated carbocycles. The number of benzene rings is 1. The first kappa shape index (κ1) is 17.1. The average Bonchev–Trinajstić information content (AvgIpc) is 2.71. The zero-order valence-corrected chi connectivity index (χ0v) is 15.6. The fourth-order valence-corrected chi connectivity index (χ4v) is 4.27. The van der Waals surface area contributed by atoms with Crippen LogP contribution in [-0.4, -0.2) is 54.5 Å². The number of ether oxygens (including phenoxy) is 2. The van der Waals surface area contributed by atoms with Gasteiger partial charge in [-0.2, -0.15) is 0 Å². The summed E-state index contributed by atoms with van der Waals surface area (Å²) in [5, 5.41) is 12.4. The van der Waals surface area contributed by atoms with Crippen LogP contribution in [0.15, 0.2) is 30.3 Å². The van der Waals surface area contributed by atoms with Gasteiger partial charge in [0.05, 0.1) is 19.9 Å². The molecule has 1 N–H and O–H groups in total. The van der Waals surface area contributed by atoms with Crippen LogP contribution in [0.1, 0.15) is 19.8 Å². The maximum atomic E-state index is 5.37. The number of aromatic nitrogens is 2. The van der Waals surface area contributed by atoms with Crippen LogP contribution in [0.5, 0.6) is 11.5 Å². The minimum absolute atomic E-state index is 0.457. The molecule has 2 aromatic rings. The summed E-state index contributed by atoms with van der Waals surface area (Å²) in [7, 11) is 3.27. The minimum atomic E-state index is 0.457. The quantitative estimate of drug-likeness (QED) is 0.891. The van der Waals surface area contributed by atoms with Gasteiger partial charge >= 0.3 is 0 Å². The largest absolute Gasteiger partial charge is 0.493 e. The van der Waals surface area contributed by atoms with E-state index in [1.54, 1.807) is 14.2 Å². The number of rotatable bonds is 5. The van der Waals surface area contributed by atoms with Gasteiger partial charge in [0.25, 0.3) is 0 Å². The molecule has 1 aromatic carbocycles. The average molecular weight is 354 g/mol. The normalized spacial score (nSPS) is 27.2. The maximum Gasteiger partial charge on any atom is 0.161 e. The molecule has 3 saturated heterocycles. The first-order chi connectivity index (χ1) is 12.7. The van der Waals surface area contributed by atoms with Crippen LogP contribution in [0.3, 0.4) is 0 Å². The smallest absolute Gasteiger partial charge is 0.161 e. The van der Waals surface area contributed by atoms with Crippen LogP contribution in [0.4, 0.5) is 5.82 Å². The van der Waals surface area contributed by atoms with E-state index in [2.05, 4.69) is 27.3 Å². The van der Waals surface area contributed by atoms with Crippen LogP contribution in [0.25, 0.3) is 11.3 Å². The first-order valence-electron chi connectivity index (χ1n) is 9.26. The Labute approximate surface area is 154 Å². The van der Waals surface area contributed by atoms with Crippen molar-refractivity contribution in [1.29, 1.82) is 0 Å². The number of methoxy groups -OCH3 is 2. The SMILES string of the molecule is COc1ccc(-c2ccc(NC3C4CCN(CC4)C3C)nn2)cc1OC. The Hall–Kier alpha value is -2.34. The number of piperidine rings is 3. The van der Waals surface area contributed by atoms with Crippen molar-refractivity contribution in [2.24, 2.45) is 5.92 Å². The summed E-state index contributed by atoms with van der Waals surface area (Å²) < 4.78 is 10.7. The standard InChI is InChI=1S/C20H26N4O2/c1-13-20(14-8-10-24(13)11-9-14)21-19-7-5-16(22-23-19)15-4-6-17(25-2)18(12-15)26-3/h4-7,12-14,20H,8-11H2,1-3H3,(H,21,23). The number of fused-ring (bicyclic) bond motifs is 3. The first-order valence-corrected chi connectivity index (χ1v) is 9.26. The van der Waals surface area contributed by atoms with E-state index in [1.165, 1.54) is 25.9 Å². The summed E-state index contributed by atoms with van der Waals surface area (Å²) in [6, 6.07) is 10.8. The lowest BCUT2D eigenvalue weighted by molar-refractivity contribution is 0.0457. The molecule has 0 amide bonds. The van der Waals surface area contributed by atoms with E-state index in [1.807, 2.05) is 30.3 Å². The number of nitrogens with one attached hydrogen (secondary N) is 1. The molecule has 3 aliphatic heterocycles. The lowest BCUT2D eigenvalue weighted by Crippen LogP contribution is -2.59. The van der Waals surface area contributed by atoms with Crippen molar-refractivity contribution in [1.82, 2.24) is 15.1 Å². The van der Waals surface area contributed by atoms with Gasteiger partial charge in [-0.05, 0) is 69.1 Å². The molecule has 0 radical (unpaired) electrons. The molecule has 0 spiro atoms. The minimum Gasteiger partial charge on any atom is -0.493 e. The lowest BCUT2D eigenvalue weighted by atomic mass is 9.79. The zero-order chi connectivity index (χ0) is 18.1. The van der Waals surface area contributed by atoms with E-state index < -0.39 is 0 Å². The van der Waals surface area contributed by atoms with Crippen molar-refractivity contribution >= 4 is 5.82 Å². The maximum absolute atomic E-state index is 5.37. The van der Waals surface area contributed by atoms with E-state index in [-0.39, 0.29) is 0 Å². The van der Waals surface area contributed by atoms with Gasteiger partial charge in [-0.1, -0.05) is 0 Å². The zero-order valence-electron chi connectivity index (χ0n) is 15.6. The van der Waals surface area contributed by atoms with Gasteiger partial charge in [-0.3, -0.25) is 4.90 Å². The Balaban J connectivity index is 1.50. The van der Waals surface area contributed by atoms with Gasteiger partial charge in [-0.25, -0.2) is 0 Å². The van der Waals surface area contributed by atoms with E-state index in [0.29, 0.717) is 23.6 Å². The molecule has 2 bridgehead atoms. The molecule has 26 heavy (non-hydrogen) atoms. The molecule has 2 unspecified atom stereocenters. The van der Waals surface area contributed by atoms with Crippen LogP contribution in [0.2, 0.25) is 0 Å². The van der Waals surface area contributed by atoms with Crippen LogP contribution in [0, 0.1) is 5.92 Å². The molecule has 1 aromatic heterocycles. The fraction of sp³-hybridized carbons (Fsp3) is 0.500. The Morgan fingerprint density at radius 3 is 2.38 bits per heavy atom. The third-order valence-electron chi connectivity index (χ3n) is 5.84. The summed E-state index contributed by atoms with van der Waals surface area (Å²) in [5.74, 6) is 2.98. The number of nitrogens with zero attached hydrogens (tertiary/aromatic N) is 3. The van der Waals surface area contributed by atoms with Gasteiger partial charge in [-0.15, -0.1) is 10.2 Å². The van der Waals surface area contributed by atoms with Crippen LogP contribution >= 0.6 is 0 Å². The van der Waals surface area contributed by atoms with Crippen molar-refractivity contribution in [2.75, 3.05) is 32.6 Å². The van der Waals surface area contributed by atoms with Gasteiger partial charge < -0.3 is 14.8 Å². The third-order valence-corrected chi connectivity index (χ3v) is 5.84. The molecule has 2 atom stereocenters. The van der Waals surface area contributed by atoms with Crippen molar-refractivity contribution in [3.05, 3.63) is 30.3 Å².